The molecule has 0 saturated carbocycles. The molecule has 0 spiro atoms. The first-order valence-corrected chi connectivity index (χ1v) is 5.33. The molecule has 78 valence electrons. The van der Waals surface area contributed by atoms with Gasteiger partial charge in [0.1, 0.15) is 0 Å². The van der Waals surface area contributed by atoms with Gasteiger partial charge in [0, 0.05) is 18.0 Å². The lowest BCUT2D eigenvalue weighted by atomic mass is 10.1. The minimum atomic E-state index is 1.18. The average molecular weight is 199 g/mol. The van der Waals surface area contributed by atoms with Crippen molar-refractivity contribution in [2.45, 2.75) is 20.8 Å². The van der Waals surface area contributed by atoms with E-state index in [2.05, 4.69) is 30.1 Å². The Kier molecular flexibility index (Phi) is 4.55. The fourth-order valence-electron chi connectivity index (χ4n) is 1.34. The highest BCUT2D eigenvalue weighted by Crippen LogP contribution is 2.17. The summed E-state index contributed by atoms with van der Waals surface area (Å²) in [5.74, 6) is 0. The van der Waals surface area contributed by atoms with Gasteiger partial charge in [-0.15, -0.1) is 0 Å². The Bertz CT molecular complexity index is 393. The van der Waals surface area contributed by atoms with Crippen LogP contribution in [-0.2, 0) is 0 Å². The van der Waals surface area contributed by atoms with Gasteiger partial charge >= 0.3 is 0 Å². The maximum absolute atomic E-state index is 4.16. The minimum Gasteiger partial charge on any atom is -0.264 e. The molecule has 0 radical (unpaired) electrons. The molecule has 0 N–H and O–H groups in total. The Morgan fingerprint density at radius 3 is 2.13 bits per heavy atom. The monoisotopic (exact) mass is 199 g/mol. The predicted octanol–water partition coefficient (Wildman–Crippen LogP) is 4.08. The summed E-state index contributed by atoms with van der Waals surface area (Å²) >= 11 is 0. The molecule has 0 saturated heterocycles. The molecule has 1 heteroatoms. The summed E-state index contributed by atoms with van der Waals surface area (Å²) < 4.78 is 0. The summed E-state index contributed by atoms with van der Waals surface area (Å²) in [5, 5.41) is 0. The first kappa shape index (κ1) is 11.4. The lowest BCUT2D eigenvalue weighted by Crippen LogP contribution is -1.81. The topological polar surface area (TPSA) is 12.9 Å². The van der Waals surface area contributed by atoms with Crippen molar-refractivity contribution in [2.75, 3.05) is 0 Å². The van der Waals surface area contributed by atoms with Crippen LogP contribution >= 0.6 is 0 Å². The second kappa shape index (κ2) is 5.97. The van der Waals surface area contributed by atoms with Crippen molar-refractivity contribution in [1.29, 1.82) is 0 Å². The van der Waals surface area contributed by atoms with Gasteiger partial charge in [-0.25, -0.2) is 0 Å². The third-order valence-electron chi connectivity index (χ3n) is 1.98. The average Bonchev–Trinajstić information content (AvgIpc) is 2.33. The molecule has 0 atom stereocenters. The van der Waals surface area contributed by atoms with Crippen molar-refractivity contribution in [2.24, 2.45) is 0 Å². The molecule has 1 aromatic carbocycles. The predicted molar refractivity (Wildman–Crippen MR) is 65.8 cm³/mol. The van der Waals surface area contributed by atoms with E-state index >= 15 is 0 Å². The van der Waals surface area contributed by atoms with Crippen LogP contribution in [0.1, 0.15) is 19.4 Å². The molecule has 1 heterocycles. The van der Waals surface area contributed by atoms with Crippen molar-refractivity contribution in [3.05, 3.63) is 54.4 Å². The van der Waals surface area contributed by atoms with E-state index in [4.69, 9.17) is 0 Å². The van der Waals surface area contributed by atoms with E-state index in [1.165, 1.54) is 16.7 Å². The number of hydrogen-bond donors (Lipinski definition) is 0. The lowest BCUT2D eigenvalue weighted by Gasteiger charge is -2.00. The minimum absolute atomic E-state index is 1.18. The van der Waals surface area contributed by atoms with Gasteiger partial charge in [-0.3, -0.25) is 4.98 Å². The van der Waals surface area contributed by atoms with Crippen LogP contribution in [0.3, 0.4) is 0 Å². The van der Waals surface area contributed by atoms with Crippen molar-refractivity contribution >= 4 is 0 Å². The zero-order valence-corrected chi connectivity index (χ0v) is 9.57. The summed E-state index contributed by atoms with van der Waals surface area (Å²) in [6.45, 7) is 6.06. The number of pyridine rings is 1. The largest absolute Gasteiger partial charge is 0.264 e. The zero-order chi connectivity index (χ0) is 11.1. The number of rotatable bonds is 1. The van der Waals surface area contributed by atoms with Gasteiger partial charge in [0.15, 0.2) is 0 Å². The highest BCUT2D eigenvalue weighted by molar-refractivity contribution is 5.62. The molecule has 0 aliphatic carbocycles. The second-order valence-corrected chi connectivity index (χ2v) is 3.12. The van der Waals surface area contributed by atoms with E-state index in [9.17, 15) is 0 Å². The van der Waals surface area contributed by atoms with Gasteiger partial charge in [-0.2, -0.15) is 0 Å². The molecule has 2 rings (SSSR count). The molecule has 1 aromatic heterocycles. The van der Waals surface area contributed by atoms with E-state index in [0.29, 0.717) is 0 Å². The molecule has 0 unspecified atom stereocenters. The molecule has 0 aliphatic rings. The number of aromatic nitrogens is 1. The smallest absolute Gasteiger partial charge is 0.0346 e. The number of benzene rings is 1. The summed E-state index contributed by atoms with van der Waals surface area (Å²) in [6.07, 6.45) is 3.76. The summed E-state index contributed by atoms with van der Waals surface area (Å²) in [7, 11) is 0. The van der Waals surface area contributed by atoms with Crippen LogP contribution in [0.25, 0.3) is 11.1 Å². The third kappa shape index (κ3) is 3.21. The lowest BCUT2D eigenvalue weighted by molar-refractivity contribution is 1.27. The fourth-order valence-corrected chi connectivity index (χ4v) is 1.34. The molecule has 2 aromatic rings. The van der Waals surface area contributed by atoms with E-state index in [1.54, 1.807) is 0 Å². The first-order valence-electron chi connectivity index (χ1n) is 5.33. The standard InChI is InChI=1S/C12H11N.C2H6/c1-10-7-12(9-13-8-10)11-5-3-2-4-6-11;1-2/h2-9H,1H3;1-2H3. The van der Waals surface area contributed by atoms with Crippen LogP contribution in [0.4, 0.5) is 0 Å². The van der Waals surface area contributed by atoms with Crippen molar-refractivity contribution in [1.82, 2.24) is 4.98 Å². The Hall–Kier alpha value is -1.63. The van der Waals surface area contributed by atoms with Gasteiger partial charge in [0.2, 0.25) is 0 Å². The van der Waals surface area contributed by atoms with Crippen LogP contribution in [0.5, 0.6) is 0 Å². The van der Waals surface area contributed by atoms with E-state index in [0.717, 1.165) is 0 Å². The fraction of sp³-hybridized carbons (Fsp3) is 0.214. The quantitative estimate of drug-likeness (QED) is 0.674. The molecule has 1 nitrogen and oxygen atoms in total. The molecular weight excluding hydrogens is 182 g/mol. The van der Waals surface area contributed by atoms with Gasteiger partial charge in [0.25, 0.3) is 0 Å². The Labute approximate surface area is 91.8 Å². The second-order valence-electron chi connectivity index (χ2n) is 3.12. The highest BCUT2D eigenvalue weighted by atomic mass is 14.6. The highest BCUT2D eigenvalue weighted by Gasteiger charge is 1.95. The van der Waals surface area contributed by atoms with Crippen molar-refractivity contribution in [3.63, 3.8) is 0 Å². The number of hydrogen-bond acceptors (Lipinski definition) is 1. The summed E-state index contributed by atoms with van der Waals surface area (Å²) in [6, 6.07) is 12.4. The molecule has 0 aliphatic heterocycles. The third-order valence-corrected chi connectivity index (χ3v) is 1.98. The van der Waals surface area contributed by atoms with E-state index < -0.39 is 0 Å². The Morgan fingerprint density at radius 1 is 0.867 bits per heavy atom. The SMILES string of the molecule is CC.Cc1cncc(-c2ccccc2)c1. The van der Waals surface area contributed by atoms with Gasteiger partial charge < -0.3 is 0 Å². The van der Waals surface area contributed by atoms with Crippen LogP contribution in [0.2, 0.25) is 0 Å². The first-order chi connectivity index (χ1) is 7.36. The molecule has 15 heavy (non-hydrogen) atoms. The summed E-state index contributed by atoms with van der Waals surface area (Å²) in [4.78, 5) is 4.16. The zero-order valence-electron chi connectivity index (χ0n) is 9.57. The van der Waals surface area contributed by atoms with Crippen LogP contribution in [0.15, 0.2) is 48.8 Å². The molecular formula is C14H17N. The van der Waals surface area contributed by atoms with E-state index in [1.807, 2.05) is 44.4 Å². The van der Waals surface area contributed by atoms with E-state index in [-0.39, 0.29) is 0 Å². The Balaban J connectivity index is 0.000000531. The normalized spacial score (nSPS) is 9.00. The Morgan fingerprint density at radius 2 is 1.53 bits per heavy atom. The molecule has 0 bridgehead atoms. The maximum Gasteiger partial charge on any atom is 0.0346 e. The van der Waals surface area contributed by atoms with Gasteiger partial charge in [-0.1, -0.05) is 44.2 Å². The molecule has 0 fully saturated rings. The van der Waals surface area contributed by atoms with Crippen molar-refractivity contribution < 1.29 is 0 Å². The summed E-state index contributed by atoms with van der Waals surface area (Å²) in [5.41, 5.74) is 3.60. The van der Waals surface area contributed by atoms with Gasteiger partial charge in [0.05, 0.1) is 0 Å². The van der Waals surface area contributed by atoms with Gasteiger partial charge in [-0.05, 0) is 24.1 Å². The van der Waals surface area contributed by atoms with Crippen LogP contribution < -0.4 is 0 Å². The van der Waals surface area contributed by atoms with Crippen LogP contribution in [0, 0.1) is 6.92 Å². The number of nitrogens with zero attached hydrogens (tertiary/aromatic N) is 1. The molecule has 0 amide bonds. The van der Waals surface area contributed by atoms with Crippen LogP contribution in [-0.4, -0.2) is 4.98 Å². The number of aryl methyl sites for hydroxylation is 1. The van der Waals surface area contributed by atoms with Crippen molar-refractivity contribution in [3.8, 4) is 11.1 Å². The maximum atomic E-state index is 4.16.